The molecule has 1 aromatic rings. The lowest BCUT2D eigenvalue weighted by Crippen LogP contribution is -2.41. The minimum Gasteiger partial charge on any atom is -0.481 e. The minimum absolute atomic E-state index is 0.0165. The standard InChI is InChI=1S/C15H15NO3/c1-2-11-5-3-6-12(9-11)16-13(17)10-15(14(18)19)7-4-8-15/h1,3,5-6,9H,4,7-8,10H2,(H,16,17)(H,18,19). The van der Waals surface area contributed by atoms with Crippen LogP contribution in [0.2, 0.25) is 0 Å². The van der Waals surface area contributed by atoms with Gasteiger partial charge in [-0.2, -0.15) is 0 Å². The van der Waals surface area contributed by atoms with Gasteiger partial charge in [0.1, 0.15) is 0 Å². The molecule has 0 unspecified atom stereocenters. The van der Waals surface area contributed by atoms with Crippen LogP contribution < -0.4 is 5.32 Å². The van der Waals surface area contributed by atoms with Crippen molar-refractivity contribution in [3.63, 3.8) is 0 Å². The van der Waals surface area contributed by atoms with Gasteiger partial charge in [0.15, 0.2) is 0 Å². The third-order valence-corrected chi connectivity index (χ3v) is 3.58. The van der Waals surface area contributed by atoms with Gasteiger partial charge in [0.05, 0.1) is 5.41 Å². The fourth-order valence-electron chi connectivity index (χ4n) is 2.27. The van der Waals surface area contributed by atoms with Crippen LogP contribution in [-0.2, 0) is 9.59 Å². The van der Waals surface area contributed by atoms with Gasteiger partial charge in [-0.1, -0.05) is 18.4 Å². The Morgan fingerprint density at radius 3 is 2.68 bits per heavy atom. The van der Waals surface area contributed by atoms with Crippen LogP contribution in [-0.4, -0.2) is 17.0 Å². The summed E-state index contributed by atoms with van der Waals surface area (Å²) in [5.41, 5.74) is 0.406. The number of carboxylic acid groups (broad SMARTS) is 1. The molecule has 1 amide bonds. The number of nitrogens with one attached hydrogen (secondary N) is 1. The van der Waals surface area contributed by atoms with Crippen LogP contribution >= 0.6 is 0 Å². The second-order valence-electron chi connectivity index (χ2n) is 4.89. The number of carbonyl (C=O) groups is 2. The van der Waals surface area contributed by atoms with Crippen LogP contribution in [0.3, 0.4) is 0 Å². The number of carboxylic acids is 1. The molecule has 4 heteroatoms. The van der Waals surface area contributed by atoms with Gasteiger partial charge in [-0.25, -0.2) is 0 Å². The van der Waals surface area contributed by atoms with E-state index in [9.17, 15) is 14.7 Å². The average molecular weight is 257 g/mol. The minimum atomic E-state index is -0.883. The highest BCUT2D eigenvalue weighted by Gasteiger charge is 2.45. The molecule has 0 atom stereocenters. The van der Waals surface area contributed by atoms with Gasteiger partial charge in [-0.05, 0) is 31.0 Å². The lowest BCUT2D eigenvalue weighted by atomic mass is 9.66. The molecular formula is C15H15NO3. The number of carbonyl (C=O) groups excluding carboxylic acids is 1. The first kappa shape index (κ1) is 13.2. The molecule has 0 saturated heterocycles. The highest BCUT2D eigenvalue weighted by atomic mass is 16.4. The van der Waals surface area contributed by atoms with Gasteiger partial charge >= 0.3 is 5.97 Å². The number of rotatable bonds is 4. The van der Waals surface area contributed by atoms with Gasteiger partial charge in [0.25, 0.3) is 0 Å². The van der Waals surface area contributed by atoms with Gasteiger partial charge in [0.2, 0.25) is 5.91 Å². The van der Waals surface area contributed by atoms with E-state index in [0.717, 1.165) is 6.42 Å². The van der Waals surface area contributed by atoms with Crippen LogP contribution in [0.25, 0.3) is 0 Å². The topological polar surface area (TPSA) is 66.4 Å². The number of hydrogen-bond acceptors (Lipinski definition) is 2. The third kappa shape index (κ3) is 2.76. The Morgan fingerprint density at radius 2 is 2.16 bits per heavy atom. The molecule has 1 fully saturated rings. The van der Waals surface area contributed by atoms with Crippen LogP contribution in [0.1, 0.15) is 31.2 Å². The van der Waals surface area contributed by atoms with E-state index < -0.39 is 11.4 Å². The summed E-state index contributed by atoms with van der Waals surface area (Å²) in [6.45, 7) is 0. The summed E-state index contributed by atoms with van der Waals surface area (Å²) < 4.78 is 0. The molecule has 4 nitrogen and oxygen atoms in total. The van der Waals surface area contributed by atoms with Crippen molar-refractivity contribution in [3.05, 3.63) is 29.8 Å². The smallest absolute Gasteiger partial charge is 0.310 e. The second kappa shape index (κ2) is 5.15. The molecule has 2 N–H and O–H groups in total. The van der Waals surface area contributed by atoms with E-state index in [2.05, 4.69) is 11.2 Å². The van der Waals surface area contributed by atoms with Crippen LogP contribution in [0.15, 0.2) is 24.3 Å². The lowest BCUT2D eigenvalue weighted by Gasteiger charge is -2.36. The Balaban J connectivity index is 2.01. The zero-order chi connectivity index (χ0) is 13.9. The molecule has 0 radical (unpaired) electrons. The van der Waals surface area contributed by atoms with Crippen molar-refractivity contribution in [1.29, 1.82) is 0 Å². The van der Waals surface area contributed by atoms with Crippen molar-refractivity contribution in [2.24, 2.45) is 5.41 Å². The van der Waals surface area contributed by atoms with Gasteiger partial charge in [-0.3, -0.25) is 9.59 Å². The maximum absolute atomic E-state index is 11.9. The summed E-state index contributed by atoms with van der Waals surface area (Å²) in [6, 6.07) is 6.93. The molecule has 1 aliphatic rings. The van der Waals surface area contributed by atoms with E-state index in [1.54, 1.807) is 24.3 Å². The van der Waals surface area contributed by atoms with Crippen LogP contribution in [0.5, 0.6) is 0 Å². The molecule has 1 aliphatic carbocycles. The molecule has 0 aromatic heterocycles. The third-order valence-electron chi connectivity index (χ3n) is 3.58. The molecule has 0 heterocycles. The van der Waals surface area contributed by atoms with E-state index in [0.29, 0.717) is 24.1 Å². The molecule has 98 valence electrons. The van der Waals surface area contributed by atoms with Gasteiger partial charge in [-0.15, -0.1) is 6.42 Å². The highest BCUT2D eigenvalue weighted by molar-refractivity contribution is 5.94. The summed E-state index contributed by atoms with van der Waals surface area (Å²) in [4.78, 5) is 23.1. The van der Waals surface area contributed by atoms with Crippen LogP contribution in [0.4, 0.5) is 5.69 Å². The molecule has 1 saturated carbocycles. The summed E-state index contributed by atoms with van der Waals surface area (Å²) in [5.74, 6) is 1.32. The quantitative estimate of drug-likeness (QED) is 0.813. The van der Waals surface area contributed by atoms with Crippen LogP contribution in [0, 0.1) is 17.8 Å². The molecule has 19 heavy (non-hydrogen) atoms. The fraction of sp³-hybridized carbons (Fsp3) is 0.333. The first-order chi connectivity index (χ1) is 9.05. The molecular weight excluding hydrogens is 242 g/mol. The van der Waals surface area contributed by atoms with Crippen molar-refractivity contribution >= 4 is 17.6 Å². The maximum Gasteiger partial charge on any atom is 0.310 e. The van der Waals surface area contributed by atoms with E-state index in [1.807, 2.05) is 0 Å². The predicted molar refractivity (Wildman–Crippen MR) is 71.5 cm³/mol. The molecule has 0 spiro atoms. The summed E-state index contributed by atoms with van der Waals surface area (Å²) in [7, 11) is 0. The number of terminal acetylenes is 1. The number of amides is 1. The first-order valence-electron chi connectivity index (χ1n) is 6.16. The summed E-state index contributed by atoms with van der Waals surface area (Å²) in [5, 5.41) is 11.9. The fourth-order valence-corrected chi connectivity index (χ4v) is 2.27. The monoisotopic (exact) mass is 257 g/mol. The van der Waals surface area contributed by atoms with Crippen molar-refractivity contribution in [2.45, 2.75) is 25.7 Å². The molecule has 2 rings (SSSR count). The Hall–Kier alpha value is -2.28. The van der Waals surface area contributed by atoms with E-state index in [4.69, 9.17) is 6.42 Å². The highest BCUT2D eigenvalue weighted by Crippen LogP contribution is 2.44. The largest absolute Gasteiger partial charge is 0.481 e. The Bertz CT molecular complexity index is 553. The zero-order valence-corrected chi connectivity index (χ0v) is 10.5. The molecule has 0 bridgehead atoms. The Labute approximate surface area is 111 Å². The second-order valence-corrected chi connectivity index (χ2v) is 4.89. The molecule has 1 aromatic carbocycles. The van der Waals surface area contributed by atoms with E-state index in [1.165, 1.54) is 0 Å². The normalized spacial score (nSPS) is 15.9. The summed E-state index contributed by atoms with van der Waals surface area (Å²) in [6.07, 6.45) is 7.30. The first-order valence-corrected chi connectivity index (χ1v) is 6.16. The van der Waals surface area contributed by atoms with E-state index in [-0.39, 0.29) is 12.3 Å². The van der Waals surface area contributed by atoms with Crippen molar-refractivity contribution < 1.29 is 14.7 Å². The van der Waals surface area contributed by atoms with Gasteiger partial charge in [0, 0.05) is 17.7 Å². The van der Waals surface area contributed by atoms with E-state index >= 15 is 0 Å². The zero-order valence-electron chi connectivity index (χ0n) is 10.5. The number of benzene rings is 1. The lowest BCUT2D eigenvalue weighted by molar-refractivity contribution is -0.157. The van der Waals surface area contributed by atoms with Crippen molar-refractivity contribution in [3.8, 4) is 12.3 Å². The maximum atomic E-state index is 11.9. The van der Waals surface area contributed by atoms with Crippen molar-refractivity contribution in [1.82, 2.24) is 0 Å². The van der Waals surface area contributed by atoms with Crippen molar-refractivity contribution in [2.75, 3.05) is 5.32 Å². The number of aliphatic carboxylic acids is 1. The number of hydrogen-bond donors (Lipinski definition) is 2. The number of anilines is 1. The summed E-state index contributed by atoms with van der Waals surface area (Å²) >= 11 is 0. The average Bonchev–Trinajstić information content (AvgIpc) is 2.33. The van der Waals surface area contributed by atoms with Gasteiger partial charge < -0.3 is 10.4 Å². The predicted octanol–water partition coefficient (Wildman–Crippen LogP) is 2.25. The Morgan fingerprint density at radius 1 is 1.42 bits per heavy atom. The molecule has 0 aliphatic heterocycles. The Kier molecular flexibility index (Phi) is 3.57. The SMILES string of the molecule is C#Cc1cccc(NC(=O)CC2(C(=O)O)CCC2)c1.